The number of aromatic nitrogens is 2. The normalized spacial score (nSPS) is 14.3. The average Bonchev–Trinajstić information content (AvgIpc) is 3.30. The van der Waals surface area contributed by atoms with Crippen LogP contribution in [0.25, 0.3) is 0 Å². The SMILES string of the molecule is CC(C)C(NC(=O)C(CCCN=C(N)N)NC(=O)C(N)CO)C(=O)NC(Cc1cnc[nH]1)C(=O)O. The standard InChI is InChI=1S/C20H35N9O6/c1-10(2)15(18(33)28-14(19(34)35)6-11-7-24-9-26-11)29-17(32)13(4-3-5-25-20(22)23)27-16(31)12(21)8-30/h7,9-10,12-15,30H,3-6,8,21H2,1-2H3,(H,24,26)(H,27,31)(H,28,33)(H,29,32)(H,34,35)(H4,22,23,25). The molecule has 15 heteroatoms. The van der Waals surface area contributed by atoms with Gasteiger partial charge in [-0.25, -0.2) is 9.78 Å². The van der Waals surface area contributed by atoms with Gasteiger partial charge in [-0.15, -0.1) is 0 Å². The smallest absolute Gasteiger partial charge is 0.326 e. The first-order valence-corrected chi connectivity index (χ1v) is 11.0. The number of aliphatic carboxylic acids is 1. The molecule has 0 aliphatic rings. The number of nitrogens with one attached hydrogen (secondary N) is 4. The third-order valence-corrected chi connectivity index (χ3v) is 4.95. The number of carbonyl (C=O) groups is 4. The van der Waals surface area contributed by atoms with Crippen LogP contribution in [-0.4, -0.2) is 87.2 Å². The lowest BCUT2D eigenvalue weighted by atomic mass is 10.0. The Bertz CT molecular complexity index is 870. The molecule has 1 rings (SSSR count). The van der Waals surface area contributed by atoms with Crippen molar-refractivity contribution in [1.29, 1.82) is 0 Å². The van der Waals surface area contributed by atoms with E-state index in [0.29, 0.717) is 12.1 Å². The van der Waals surface area contributed by atoms with Crippen LogP contribution in [0.2, 0.25) is 0 Å². The number of carbonyl (C=O) groups excluding carboxylic acids is 3. The van der Waals surface area contributed by atoms with Crippen LogP contribution in [-0.2, 0) is 25.6 Å². The Hall–Kier alpha value is -3.72. The maximum atomic E-state index is 13.0. The fraction of sp³-hybridized carbons (Fsp3) is 0.600. The Morgan fingerprint density at radius 3 is 2.26 bits per heavy atom. The molecule has 4 atom stereocenters. The maximum absolute atomic E-state index is 13.0. The fourth-order valence-corrected chi connectivity index (χ4v) is 3.00. The Morgan fingerprint density at radius 1 is 1.09 bits per heavy atom. The summed E-state index contributed by atoms with van der Waals surface area (Å²) >= 11 is 0. The number of guanidine groups is 1. The Morgan fingerprint density at radius 2 is 1.74 bits per heavy atom. The third kappa shape index (κ3) is 10.4. The molecular weight excluding hydrogens is 462 g/mol. The minimum atomic E-state index is -1.27. The van der Waals surface area contributed by atoms with Crippen molar-refractivity contribution in [1.82, 2.24) is 25.9 Å². The van der Waals surface area contributed by atoms with Crippen LogP contribution in [0.4, 0.5) is 0 Å². The summed E-state index contributed by atoms with van der Waals surface area (Å²) in [5.74, 6) is -3.97. The van der Waals surface area contributed by atoms with Crippen LogP contribution in [0.5, 0.6) is 0 Å². The van der Waals surface area contributed by atoms with Crippen molar-refractivity contribution in [3.63, 3.8) is 0 Å². The van der Waals surface area contributed by atoms with Crippen LogP contribution >= 0.6 is 0 Å². The number of carboxylic acids is 1. The molecule has 0 aromatic carbocycles. The van der Waals surface area contributed by atoms with E-state index in [1.165, 1.54) is 12.5 Å². The van der Waals surface area contributed by atoms with Gasteiger partial charge in [-0.2, -0.15) is 0 Å². The van der Waals surface area contributed by atoms with Crippen molar-refractivity contribution in [2.45, 2.75) is 57.3 Å². The van der Waals surface area contributed by atoms with Gasteiger partial charge < -0.3 is 48.3 Å². The van der Waals surface area contributed by atoms with Crippen molar-refractivity contribution < 1.29 is 29.4 Å². The van der Waals surface area contributed by atoms with E-state index in [-0.39, 0.29) is 25.3 Å². The highest BCUT2D eigenvalue weighted by molar-refractivity contribution is 5.94. The highest BCUT2D eigenvalue weighted by Gasteiger charge is 2.32. The van der Waals surface area contributed by atoms with E-state index in [2.05, 4.69) is 30.9 Å². The number of aliphatic imine (C=N–C) groups is 1. The molecule has 4 unspecified atom stereocenters. The molecule has 0 radical (unpaired) electrons. The quantitative estimate of drug-likeness (QED) is 0.0656. The number of aliphatic hydroxyl groups is 1. The summed E-state index contributed by atoms with van der Waals surface area (Å²) in [5, 5.41) is 26.0. The van der Waals surface area contributed by atoms with Gasteiger partial charge in [-0.05, 0) is 18.8 Å². The Kier molecular flexibility index (Phi) is 12.2. The molecule has 15 nitrogen and oxygen atoms in total. The zero-order chi connectivity index (χ0) is 26.5. The number of rotatable bonds is 15. The minimum absolute atomic E-state index is 0.0393. The molecule has 0 saturated heterocycles. The molecule has 196 valence electrons. The van der Waals surface area contributed by atoms with Gasteiger partial charge >= 0.3 is 5.97 Å². The van der Waals surface area contributed by atoms with Crippen LogP contribution in [0.15, 0.2) is 17.5 Å². The highest BCUT2D eigenvalue weighted by Crippen LogP contribution is 2.07. The van der Waals surface area contributed by atoms with Crippen molar-refractivity contribution in [3.05, 3.63) is 18.2 Å². The topological polar surface area (TPSA) is 264 Å². The number of aliphatic hydroxyl groups excluding tert-OH is 1. The Labute approximate surface area is 202 Å². The van der Waals surface area contributed by atoms with Gasteiger partial charge in [0.05, 0.1) is 12.9 Å². The van der Waals surface area contributed by atoms with E-state index in [1.807, 2.05) is 0 Å². The summed E-state index contributed by atoms with van der Waals surface area (Å²) in [6.45, 7) is 2.90. The van der Waals surface area contributed by atoms with Crippen LogP contribution in [0.3, 0.4) is 0 Å². The summed E-state index contributed by atoms with van der Waals surface area (Å²) in [7, 11) is 0. The van der Waals surface area contributed by atoms with E-state index in [1.54, 1.807) is 13.8 Å². The highest BCUT2D eigenvalue weighted by atomic mass is 16.4. The van der Waals surface area contributed by atoms with Gasteiger partial charge in [-0.3, -0.25) is 19.4 Å². The summed E-state index contributed by atoms with van der Waals surface area (Å²) in [5.41, 5.74) is 16.6. The zero-order valence-corrected chi connectivity index (χ0v) is 19.7. The van der Waals surface area contributed by atoms with Crippen molar-refractivity contribution in [3.8, 4) is 0 Å². The number of amides is 3. The van der Waals surface area contributed by atoms with Gasteiger partial charge in [0, 0.05) is 24.9 Å². The largest absolute Gasteiger partial charge is 0.480 e. The van der Waals surface area contributed by atoms with Crippen LogP contribution < -0.4 is 33.2 Å². The molecule has 1 heterocycles. The second kappa shape index (κ2) is 14.5. The lowest BCUT2D eigenvalue weighted by Crippen LogP contribution is -2.58. The molecule has 0 spiro atoms. The van der Waals surface area contributed by atoms with Gasteiger partial charge in [0.1, 0.15) is 24.2 Å². The Balaban J connectivity index is 2.94. The van der Waals surface area contributed by atoms with Crippen LogP contribution in [0, 0.1) is 5.92 Å². The van der Waals surface area contributed by atoms with E-state index >= 15 is 0 Å². The van der Waals surface area contributed by atoms with Gasteiger partial charge in [-0.1, -0.05) is 13.8 Å². The monoisotopic (exact) mass is 497 g/mol. The number of nitrogens with zero attached hydrogens (tertiary/aromatic N) is 2. The van der Waals surface area contributed by atoms with Crippen LogP contribution in [0.1, 0.15) is 32.4 Å². The molecule has 3 amide bonds. The van der Waals surface area contributed by atoms with Crippen molar-refractivity contribution in [2.75, 3.05) is 13.2 Å². The molecule has 0 bridgehead atoms. The number of aromatic amines is 1. The number of imidazole rings is 1. The lowest BCUT2D eigenvalue weighted by molar-refractivity contribution is -0.142. The number of carboxylic acid groups (broad SMARTS) is 1. The molecule has 1 aromatic rings. The first-order valence-electron chi connectivity index (χ1n) is 11.0. The number of hydrogen-bond donors (Lipinski definition) is 9. The average molecular weight is 498 g/mol. The number of nitrogens with two attached hydrogens (primary N) is 3. The summed E-state index contributed by atoms with van der Waals surface area (Å²) in [6.07, 6.45) is 3.21. The minimum Gasteiger partial charge on any atom is -0.480 e. The number of H-pyrrole nitrogens is 1. The summed E-state index contributed by atoms with van der Waals surface area (Å²) < 4.78 is 0. The van der Waals surface area contributed by atoms with Gasteiger partial charge in [0.2, 0.25) is 17.7 Å². The third-order valence-electron chi connectivity index (χ3n) is 4.95. The predicted octanol–water partition coefficient (Wildman–Crippen LogP) is -3.48. The zero-order valence-electron chi connectivity index (χ0n) is 19.7. The molecule has 12 N–H and O–H groups in total. The van der Waals surface area contributed by atoms with E-state index in [0.717, 1.165) is 0 Å². The molecular formula is C20H35N9O6. The lowest BCUT2D eigenvalue weighted by Gasteiger charge is -2.27. The molecule has 1 aromatic heterocycles. The van der Waals surface area contributed by atoms with E-state index in [9.17, 15) is 24.3 Å². The summed E-state index contributed by atoms with van der Waals surface area (Å²) in [6, 6.07) is -4.72. The molecule has 0 aliphatic heterocycles. The van der Waals surface area contributed by atoms with Crippen molar-refractivity contribution in [2.24, 2.45) is 28.1 Å². The summed E-state index contributed by atoms with van der Waals surface area (Å²) in [4.78, 5) is 60.1. The second-order valence-corrected chi connectivity index (χ2v) is 8.21. The molecule has 0 saturated carbocycles. The van der Waals surface area contributed by atoms with Gasteiger partial charge in [0.15, 0.2) is 5.96 Å². The second-order valence-electron chi connectivity index (χ2n) is 8.21. The van der Waals surface area contributed by atoms with Crippen molar-refractivity contribution >= 4 is 29.7 Å². The fourth-order valence-electron chi connectivity index (χ4n) is 3.00. The first-order chi connectivity index (χ1) is 16.5. The number of hydrogen-bond acceptors (Lipinski definition) is 8. The predicted molar refractivity (Wildman–Crippen MR) is 126 cm³/mol. The maximum Gasteiger partial charge on any atom is 0.326 e. The molecule has 0 aliphatic carbocycles. The molecule has 0 fully saturated rings. The first kappa shape index (κ1) is 29.3. The van der Waals surface area contributed by atoms with E-state index in [4.69, 9.17) is 22.3 Å². The van der Waals surface area contributed by atoms with Gasteiger partial charge in [0.25, 0.3) is 0 Å². The van der Waals surface area contributed by atoms with E-state index < -0.39 is 60.4 Å². The molecule has 35 heavy (non-hydrogen) atoms.